The van der Waals surface area contributed by atoms with Gasteiger partial charge in [0.05, 0.1) is 5.56 Å². The molecule has 1 aromatic carbocycles. The number of carbonyl (C=O) groups is 1. The number of hydrogen-bond acceptors (Lipinski definition) is 2. The summed E-state index contributed by atoms with van der Waals surface area (Å²) in [6, 6.07) is 5.01. The summed E-state index contributed by atoms with van der Waals surface area (Å²) < 4.78 is 37.5. The summed E-state index contributed by atoms with van der Waals surface area (Å²) in [4.78, 5) is 15.5. The molecule has 0 aliphatic heterocycles. The third kappa shape index (κ3) is 9.51. The number of rotatable bonds is 6. The molecule has 0 atom stereocenters. The van der Waals surface area contributed by atoms with Crippen molar-refractivity contribution in [2.75, 3.05) is 13.6 Å². The van der Waals surface area contributed by atoms with E-state index in [4.69, 9.17) is 0 Å². The van der Waals surface area contributed by atoms with Gasteiger partial charge in [0.1, 0.15) is 0 Å². The Morgan fingerprint density at radius 2 is 1.76 bits per heavy atom. The highest BCUT2D eigenvalue weighted by Crippen LogP contribution is 2.28. The molecule has 1 aromatic rings. The standard InChI is InChI=1S/C16H23F3N4O.HI/c1-11(2)23-14(24)8-9-21-15(20-3)22-10-12-4-6-13(7-5-12)16(17,18)19;/h4-7,11H,8-10H2,1-3H3,(H,23,24)(H2,20,21,22);1H. The van der Waals surface area contributed by atoms with Gasteiger partial charge < -0.3 is 16.0 Å². The highest BCUT2D eigenvalue weighted by molar-refractivity contribution is 14.0. The van der Waals surface area contributed by atoms with Gasteiger partial charge in [0.15, 0.2) is 5.96 Å². The highest BCUT2D eigenvalue weighted by Gasteiger charge is 2.29. The summed E-state index contributed by atoms with van der Waals surface area (Å²) in [5.74, 6) is 0.419. The van der Waals surface area contributed by atoms with E-state index in [0.717, 1.165) is 12.1 Å². The minimum atomic E-state index is -4.33. The second kappa shape index (κ2) is 11.2. The fourth-order valence-corrected chi connectivity index (χ4v) is 1.91. The van der Waals surface area contributed by atoms with E-state index in [1.54, 1.807) is 7.05 Å². The van der Waals surface area contributed by atoms with Crippen molar-refractivity contribution < 1.29 is 18.0 Å². The Morgan fingerprint density at radius 3 is 2.24 bits per heavy atom. The third-order valence-corrected chi connectivity index (χ3v) is 3.06. The van der Waals surface area contributed by atoms with Gasteiger partial charge in [-0.15, -0.1) is 24.0 Å². The summed E-state index contributed by atoms with van der Waals surface area (Å²) >= 11 is 0. The lowest BCUT2D eigenvalue weighted by Crippen LogP contribution is -2.39. The maximum atomic E-state index is 12.5. The van der Waals surface area contributed by atoms with Crippen LogP contribution in [0.2, 0.25) is 0 Å². The maximum absolute atomic E-state index is 12.5. The van der Waals surface area contributed by atoms with Crippen LogP contribution in [-0.2, 0) is 17.5 Å². The van der Waals surface area contributed by atoms with E-state index in [1.807, 2.05) is 13.8 Å². The average Bonchev–Trinajstić information content (AvgIpc) is 2.49. The molecule has 0 bridgehead atoms. The Balaban J connectivity index is 0.00000576. The molecule has 5 nitrogen and oxygen atoms in total. The fraction of sp³-hybridized carbons (Fsp3) is 0.500. The van der Waals surface area contributed by atoms with Crippen LogP contribution in [0.15, 0.2) is 29.3 Å². The average molecular weight is 472 g/mol. The van der Waals surface area contributed by atoms with Crippen LogP contribution in [0, 0.1) is 0 Å². The molecule has 0 radical (unpaired) electrons. The lowest BCUT2D eigenvalue weighted by atomic mass is 10.1. The summed E-state index contributed by atoms with van der Waals surface area (Å²) in [6.45, 7) is 4.51. The Hall–Kier alpha value is -1.52. The van der Waals surface area contributed by atoms with Crippen LogP contribution in [-0.4, -0.2) is 31.5 Å². The van der Waals surface area contributed by atoms with E-state index in [1.165, 1.54) is 12.1 Å². The number of guanidine groups is 1. The van der Waals surface area contributed by atoms with E-state index >= 15 is 0 Å². The first-order valence-corrected chi connectivity index (χ1v) is 7.62. The molecule has 0 saturated heterocycles. The van der Waals surface area contributed by atoms with Gasteiger partial charge in [0, 0.05) is 32.6 Å². The lowest BCUT2D eigenvalue weighted by molar-refractivity contribution is -0.137. The molecular formula is C16H24F3IN4O. The minimum Gasteiger partial charge on any atom is -0.356 e. The molecule has 0 spiro atoms. The molecule has 0 heterocycles. The topological polar surface area (TPSA) is 65.5 Å². The molecule has 0 aliphatic carbocycles. The van der Waals surface area contributed by atoms with Crippen LogP contribution >= 0.6 is 24.0 Å². The van der Waals surface area contributed by atoms with E-state index in [-0.39, 0.29) is 35.9 Å². The Labute approximate surface area is 162 Å². The zero-order valence-electron chi connectivity index (χ0n) is 14.4. The van der Waals surface area contributed by atoms with Crippen molar-refractivity contribution in [3.8, 4) is 0 Å². The smallest absolute Gasteiger partial charge is 0.356 e. The SMILES string of the molecule is CN=C(NCCC(=O)NC(C)C)NCc1ccc(C(F)(F)F)cc1.I. The van der Waals surface area contributed by atoms with Crippen LogP contribution in [0.1, 0.15) is 31.4 Å². The summed E-state index contributed by atoms with van der Waals surface area (Å²) in [5, 5.41) is 8.74. The zero-order valence-corrected chi connectivity index (χ0v) is 16.7. The van der Waals surface area contributed by atoms with Crippen LogP contribution < -0.4 is 16.0 Å². The Morgan fingerprint density at radius 1 is 1.16 bits per heavy atom. The van der Waals surface area contributed by atoms with Crippen LogP contribution in [0.4, 0.5) is 13.2 Å². The van der Waals surface area contributed by atoms with E-state index in [9.17, 15) is 18.0 Å². The quantitative estimate of drug-likeness (QED) is 0.339. The van der Waals surface area contributed by atoms with Gasteiger partial charge in [-0.3, -0.25) is 9.79 Å². The van der Waals surface area contributed by atoms with Crippen molar-refractivity contribution in [2.24, 2.45) is 4.99 Å². The second-order valence-corrected chi connectivity index (χ2v) is 5.52. The molecule has 0 aromatic heterocycles. The van der Waals surface area contributed by atoms with Gasteiger partial charge in [0.25, 0.3) is 0 Å². The lowest BCUT2D eigenvalue weighted by Gasteiger charge is -2.13. The van der Waals surface area contributed by atoms with Crippen LogP contribution in [0.25, 0.3) is 0 Å². The third-order valence-electron chi connectivity index (χ3n) is 3.06. The summed E-state index contributed by atoms with van der Waals surface area (Å²) in [5.41, 5.74) is 0.0217. The van der Waals surface area contributed by atoms with Crippen molar-refractivity contribution in [1.82, 2.24) is 16.0 Å². The van der Waals surface area contributed by atoms with Crippen LogP contribution in [0.5, 0.6) is 0 Å². The summed E-state index contributed by atoms with van der Waals surface area (Å²) in [6.07, 6.45) is -4.03. The number of amides is 1. The molecule has 1 rings (SSSR count). The number of carbonyl (C=O) groups excluding carboxylic acids is 1. The molecule has 0 fully saturated rings. The number of benzene rings is 1. The van der Waals surface area contributed by atoms with E-state index in [0.29, 0.717) is 31.0 Å². The van der Waals surface area contributed by atoms with E-state index < -0.39 is 11.7 Å². The Bertz CT molecular complexity index is 559. The monoisotopic (exact) mass is 472 g/mol. The number of hydrogen-bond donors (Lipinski definition) is 3. The zero-order chi connectivity index (χ0) is 18.2. The molecule has 25 heavy (non-hydrogen) atoms. The molecule has 3 N–H and O–H groups in total. The predicted octanol–water partition coefficient (Wildman–Crippen LogP) is 2.90. The van der Waals surface area contributed by atoms with Crippen molar-refractivity contribution in [1.29, 1.82) is 0 Å². The highest BCUT2D eigenvalue weighted by atomic mass is 127. The first kappa shape index (κ1) is 23.5. The predicted molar refractivity (Wildman–Crippen MR) is 103 cm³/mol. The number of alkyl halides is 3. The van der Waals surface area contributed by atoms with Gasteiger partial charge >= 0.3 is 6.18 Å². The van der Waals surface area contributed by atoms with Crippen molar-refractivity contribution in [2.45, 2.75) is 39.0 Å². The molecule has 9 heteroatoms. The van der Waals surface area contributed by atoms with Gasteiger partial charge in [-0.25, -0.2) is 0 Å². The number of nitrogens with one attached hydrogen (secondary N) is 3. The Kier molecular flexibility index (Phi) is 10.5. The fourth-order valence-electron chi connectivity index (χ4n) is 1.91. The van der Waals surface area contributed by atoms with Crippen molar-refractivity contribution in [3.05, 3.63) is 35.4 Å². The molecule has 0 unspecified atom stereocenters. The minimum absolute atomic E-state index is 0. The van der Waals surface area contributed by atoms with Crippen LogP contribution in [0.3, 0.4) is 0 Å². The normalized spacial score (nSPS) is 11.7. The first-order valence-electron chi connectivity index (χ1n) is 7.62. The van der Waals surface area contributed by atoms with Gasteiger partial charge in [0.2, 0.25) is 5.91 Å². The number of nitrogens with zero attached hydrogens (tertiary/aromatic N) is 1. The molecule has 0 saturated carbocycles. The molecule has 0 aliphatic rings. The second-order valence-electron chi connectivity index (χ2n) is 5.52. The molecule has 1 amide bonds. The number of halogens is 4. The van der Waals surface area contributed by atoms with Crippen molar-refractivity contribution >= 4 is 35.8 Å². The number of aliphatic imine (C=N–C) groups is 1. The van der Waals surface area contributed by atoms with E-state index in [2.05, 4.69) is 20.9 Å². The van der Waals surface area contributed by atoms with Gasteiger partial charge in [-0.1, -0.05) is 12.1 Å². The first-order chi connectivity index (χ1) is 11.2. The molecular weight excluding hydrogens is 448 g/mol. The maximum Gasteiger partial charge on any atom is 0.416 e. The summed E-state index contributed by atoms with van der Waals surface area (Å²) in [7, 11) is 1.58. The largest absolute Gasteiger partial charge is 0.416 e. The van der Waals surface area contributed by atoms with Gasteiger partial charge in [-0.2, -0.15) is 13.2 Å². The van der Waals surface area contributed by atoms with Gasteiger partial charge in [-0.05, 0) is 31.5 Å². The van der Waals surface area contributed by atoms with Crippen molar-refractivity contribution in [3.63, 3.8) is 0 Å². The molecule has 142 valence electrons.